The van der Waals surface area contributed by atoms with Crippen molar-refractivity contribution in [3.05, 3.63) is 23.5 Å². The predicted molar refractivity (Wildman–Crippen MR) is 65.2 cm³/mol. The van der Waals surface area contributed by atoms with Crippen LogP contribution in [0.2, 0.25) is 0 Å². The van der Waals surface area contributed by atoms with Crippen molar-refractivity contribution in [3.63, 3.8) is 0 Å². The van der Waals surface area contributed by atoms with Crippen molar-refractivity contribution in [1.82, 2.24) is 0 Å². The van der Waals surface area contributed by atoms with Gasteiger partial charge in [0.1, 0.15) is 16.5 Å². The Balaban J connectivity index is 3.35. The number of carbonyl (C=O) groups is 1. The zero-order chi connectivity index (χ0) is 14.8. The molecule has 0 aliphatic carbocycles. The number of hydrogen-bond acceptors (Lipinski definition) is 5. The van der Waals surface area contributed by atoms with Crippen LogP contribution in [0, 0.1) is 5.82 Å². The molecule has 1 rings (SSSR count). The first-order chi connectivity index (χ1) is 8.66. The first-order valence-corrected chi connectivity index (χ1v) is 7.10. The fourth-order valence-electron chi connectivity index (χ4n) is 1.62. The zero-order valence-electron chi connectivity index (χ0n) is 10.4. The number of sulfone groups is 1. The Hall–Kier alpha value is -1.67. The van der Waals surface area contributed by atoms with Gasteiger partial charge in [-0.15, -0.1) is 0 Å². The first-order valence-electron chi connectivity index (χ1n) is 5.21. The number of carboxylic acid groups (broad SMARTS) is 1. The minimum Gasteiger partial charge on any atom is -0.495 e. The molecule has 1 atom stereocenters. The van der Waals surface area contributed by atoms with E-state index in [1.165, 1.54) is 13.2 Å². The molecular formula is C11H14FNO5S. The number of halogens is 1. The highest BCUT2D eigenvalue weighted by atomic mass is 32.2. The van der Waals surface area contributed by atoms with E-state index in [9.17, 15) is 17.6 Å². The van der Waals surface area contributed by atoms with E-state index < -0.39 is 39.0 Å². The van der Waals surface area contributed by atoms with E-state index >= 15 is 0 Å². The largest absolute Gasteiger partial charge is 0.495 e. The SMILES string of the molecule is COc1cc(C(N)CC(=O)O)cc(F)c1S(C)(=O)=O. The van der Waals surface area contributed by atoms with Crippen LogP contribution in [0.5, 0.6) is 5.75 Å². The van der Waals surface area contributed by atoms with Gasteiger partial charge < -0.3 is 15.6 Å². The number of benzene rings is 1. The molecule has 6 nitrogen and oxygen atoms in total. The van der Waals surface area contributed by atoms with E-state index in [4.69, 9.17) is 15.6 Å². The normalized spacial score (nSPS) is 13.1. The van der Waals surface area contributed by atoms with Crippen LogP contribution in [0.1, 0.15) is 18.0 Å². The predicted octanol–water partition coefficient (Wildman–Crippen LogP) is 0.712. The van der Waals surface area contributed by atoms with Gasteiger partial charge in [0.05, 0.1) is 13.5 Å². The molecule has 0 aromatic heterocycles. The van der Waals surface area contributed by atoms with E-state index in [1.54, 1.807) is 0 Å². The zero-order valence-corrected chi connectivity index (χ0v) is 11.2. The Kier molecular flexibility index (Phi) is 4.48. The second-order valence-corrected chi connectivity index (χ2v) is 5.96. The third-order valence-electron chi connectivity index (χ3n) is 2.45. The summed E-state index contributed by atoms with van der Waals surface area (Å²) in [7, 11) is -2.61. The molecule has 0 radical (unpaired) electrons. The molecule has 0 saturated carbocycles. The fraction of sp³-hybridized carbons (Fsp3) is 0.364. The average molecular weight is 291 g/mol. The molecule has 19 heavy (non-hydrogen) atoms. The van der Waals surface area contributed by atoms with Crippen molar-refractivity contribution in [3.8, 4) is 5.75 Å². The lowest BCUT2D eigenvalue weighted by Gasteiger charge is -2.14. The molecule has 1 unspecified atom stereocenters. The summed E-state index contributed by atoms with van der Waals surface area (Å²) in [6, 6.07) is 1.19. The standard InChI is InChI=1S/C11H14FNO5S/c1-18-9-4-6(8(13)5-10(14)15)3-7(12)11(9)19(2,16)17/h3-4,8H,5,13H2,1-2H3,(H,14,15). The highest BCUT2D eigenvalue weighted by molar-refractivity contribution is 7.90. The molecule has 0 heterocycles. The van der Waals surface area contributed by atoms with Crippen molar-refractivity contribution in [1.29, 1.82) is 0 Å². The maximum absolute atomic E-state index is 13.8. The molecule has 0 spiro atoms. The number of nitrogens with two attached hydrogens (primary N) is 1. The molecule has 0 amide bonds. The quantitative estimate of drug-likeness (QED) is 0.827. The van der Waals surface area contributed by atoms with Crippen LogP contribution in [-0.4, -0.2) is 32.9 Å². The third-order valence-corrected chi connectivity index (χ3v) is 3.58. The fourth-order valence-corrected chi connectivity index (χ4v) is 2.54. The number of ether oxygens (including phenoxy) is 1. The lowest BCUT2D eigenvalue weighted by molar-refractivity contribution is -0.137. The van der Waals surface area contributed by atoms with Gasteiger partial charge in [0, 0.05) is 12.3 Å². The van der Waals surface area contributed by atoms with Gasteiger partial charge in [-0.1, -0.05) is 0 Å². The van der Waals surface area contributed by atoms with Gasteiger partial charge in [-0.3, -0.25) is 4.79 Å². The Labute approximate surface area is 109 Å². The Morgan fingerprint density at radius 1 is 1.53 bits per heavy atom. The molecule has 0 aliphatic rings. The highest BCUT2D eigenvalue weighted by Gasteiger charge is 2.23. The van der Waals surface area contributed by atoms with Gasteiger partial charge in [0.15, 0.2) is 9.84 Å². The smallest absolute Gasteiger partial charge is 0.305 e. The van der Waals surface area contributed by atoms with E-state index in [1.807, 2.05) is 0 Å². The van der Waals surface area contributed by atoms with Gasteiger partial charge in [0.2, 0.25) is 0 Å². The van der Waals surface area contributed by atoms with Crippen molar-refractivity contribution in [2.75, 3.05) is 13.4 Å². The van der Waals surface area contributed by atoms with Crippen LogP contribution >= 0.6 is 0 Å². The molecule has 3 N–H and O–H groups in total. The highest BCUT2D eigenvalue weighted by Crippen LogP contribution is 2.30. The van der Waals surface area contributed by atoms with Crippen LogP contribution in [0.15, 0.2) is 17.0 Å². The molecule has 106 valence electrons. The van der Waals surface area contributed by atoms with Crippen molar-refractivity contribution in [2.45, 2.75) is 17.4 Å². The van der Waals surface area contributed by atoms with Gasteiger partial charge in [-0.25, -0.2) is 12.8 Å². The van der Waals surface area contributed by atoms with Crippen LogP contribution in [-0.2, 0) is 14.6 Å². The summed E-state index contributed by atoms with van der Waals surface area (Å²) in [4.78, 5) is 9.98. The van der Waals surface area contributed by atoms with Gasteiger partial charge in [0.25, 0.3) is 0 Å². The first kappa shape index (κ1) is 15.4. The number of hydrogen-bond donors (Lipinski definition) is 2. The lowest BCUT2D eigenvalue weighted by atomic mass is 10.0. The van der Waals surface area contributed by atoms with E-state index in [2.05, 4.69) is 0 Å². The minimum absolute atomic E-state index is 0.157. The number of carboxylic acids is 1. The summed E-state index contributed by atoms with van der Waals surface area (Å²) < 4.78 is 41.5. The van der Waals surface area contributed by atoms with Crippen molar-refractivity contribution >= 4 is 15.8 Å². The topological polar surface area (TPSA) is 107 Å². The van der Waals surface area contributed by atoms with Gasteiger partial charge in [-0.05, 0) is 17.7 Å². The summed E-state index contributed by atoms with van der Waals surface area (Å²) >= 11 is 0. The van der Waals surface area contributed by atoms with E-state index in [-0.39, 0.29) is 11.3 Å². The summed E-state index contributed by atoms with van der Waals surface area (Å²) in [5.74, 6) is -2.35. The average Bonchev–Trinajstić information content (AvgIpc) is 2.24. The van der Waals surface area contributed by atoms with Crippen LogP contribution in [0.4, 0.5) is 4.39 Å². The Morgan fingerprint density at radius 3 is 2.53 bits per heavy atom. The molecule has 1 aromatic rings. The molecule has 8 heteroatoms. The molecular weight excluding hydrogens is 277 g/mol. The van der Waals surface area contributed by atoms with Crippen LogP contribution < -0.4 is 10.5 Å². The summed E-state index contributed by atoms with van der Waals surface area (Å²) in [5, 5.41) is 8.62. The van der Waals surface area contributed by atoms with Crippen LogP contribution in [0.3, 0.4) is 0 Å². The summed E-state index contributed by atoms with van der Waals surface area (Å²) in [6.07, 6.45) is 0.450. The second-order valence-electron chi connectivity index (χ2n) is 4.01. The Morgan fingerprint density at radius 2 is 2.11 bits per heavy atom. The molecule has 0 bridgehead atoms. The molecule has 1 aromatic carbocycles. The van der Waals surface area contributed by atoms with Crippen LogP contribution in [0.25, 0.3) is 0 Å². The van der Waals surface area contributed by atoms with E-state index in [0.717, 1.165) is 12.3 Å². The maximum atomic E-state index is 13.8. The molecule has 0 fully saturated rings. The summed E-state index contributed by atoms with van der Waals surface area (Å²) in [6.45, 7) is 0. The summed E-state index contributed by atoms with van der Waals surface area (Å²) in [5.41, 5.74) is 5.75. The number of methoxy groups -OCH3 is 1. The number of rotatable bonds is 5. The van der Waals surface area contributed by atoms with E-state index in [0.29, 0.717) is 0 Å². The van der Waals surface area contributed by atoms with Crippen molar-refractivity contribution in [2.24, 2.45) is 5.73 Å². The monoisotopic (exact) mass is 291 g/mol. The maximum Gasteiger partial charge on any atom is 0.305 e. The second kappa shape index (κ2) is 5.54. The minimum atomic E-state index is -3.80. The number of aliphatic carboxylic acids is 1. The molecule has 0 aliphatic heterocycles. The van der Waals surface area contributed by atoms with Gasteiger partial charge in [-0.2, -0.15) is 0 Å². The molecule has 0 saturated heterocycles. The Bertz CT molecular complexity index is 599. The third kappa shape index (κ3) is 3.65. The lowest BCUT2D eigenvalue weighted by Crippen LogP contribution is -2.16. The van der Waals surface area contributed by atoms with Gasteiger partial charge >= 0.3 is 5.97 Å². The van der Waals surface area contributed by atoms with Crippen molar-refractivity contribution < 1.29 is 27.4 Å².